The Labute approximate surface area is 187 Å². The van der Waals surface area contributed by atoms with Gasteiger partial charge in [0.2, 0.25) is 0 Å². The molecule has 0 spiro atoms. The third kappa shape index (κ3) is 5.64. The minimum atomic E-state index is -0.288. The van der Waals surface area contributed by atoms with Gasteiger partial charge < -0.3 is 14.8 Å². The molecule has 2 aromatic carbocycles. The summed E-state index contributed by atoms with van der Waals surface area (Å²) in [6.07, 6.45) is 2.98. The van der Waals surface area contributed by atoms with Crippen LogP contribution in [0.1, 0.15) is 31.4 Å². The fourth-order valence-corrected chi connectivity index (χ4v) is 3.85. The highest BCUT2D eigenvalue weighted by Gasteiger charge is 2.26. The third-order valence-corrected chi connectivity index (χ3v) is 5.84. The molecule has 32 heavy (non-hydrogen) atoms. The first-order valence-electron chi connectivity index (χ1n) is 11.0. The Balaban J connectivity index is 1.33. The molecule has 0 saturated carbocycles. The lowest BCUT2D eigenvalue weighted by atomic mass is 10.0. The highest BCUT2D eigenvalue weighted by molar-refractivity contribution is 5.36. The average molecular weight is 437 g/mol. The fraction of sp³-hybridized carbons (Fsp3) is 0.346. The molecule has 0 radical (unpaired) electrons. The molecule has 4 rings (SSSR count). The second-order valence-electron chi connectivity index (χ2n) is 8.58. The van der Waals surface area contributed by atoms with E-state index in [0.29, 0.717) is 24.3 Å². The molecule has 0 unspecified atom stereocenters. The van der Waals surface area contributed by atoms with E-state index < -0.39 is 0 Å². The Kier molecular flexibility index (Phi) is 7.02. The lowest BCUT2D eigenvalue weighted by molar-refractivity contribution is 0.0517. The monoisotopic (exact) mass is 436 g/mol. The lowest BCUT2D eigenvalue weighted by Gasteiger charge is -2.15. The maximum atomic E-state index is 13.0. The van der Waals surface area contributed by atoms with Crippen LogP contribution >= 0.6 is 0 Å². The van der Waals surface area contributed by atoms with Crippen LogP contribution < -0.4 is 15.6 Å². The van der Waals surface area contributed by atoms with Crippen LogP contribution in [0, 0.1) is 11.7 Å². The first-order chi connectivity index (χ1) is 15.5. The summed E-state index contributed by atoms with van der Waals surface area (Å²) in [4.78, 5) is 12.6. The van der Waals surface area contributed by atoms with E-state index in [4.69, 9.17) is 9.47 Å². The minimum absolute atomic E-state index is 0.178. The van der Waals surface area contributed by atoms with Gasteiger partial charge in [-0.15, -0.1) is 0 Å². The molecule has 1 saturated heterocycles. The summed E-state index contributed by atoms with van der Waals surface area (Å²) in [6, 6.07) is 17.6. The van der Waals surface area contributed by atoms with Crippen LogP contribution in [0.25, 0.3) is 5.69 Å². The summed E-state index contributed by atoms with van der Waals surface area (Å²) < 4.78 is 26.3. The SMILES string of the molecule is CC(C)[C@@H]1C[C@@H](OCc2ccc(-n3ccc(OCc4ccc(F)cc4)cc3=O)cc2)CN1. The van der Waals surface area contributed by atoms with Gasteiger partial charge in [-0.1, -0.05) is 38.1 Å². The quantitative estimate of drug-likeness (QED) is 0.567. The molecular formula is C26H29FN2O3. The van der Waals surface area contributed by atoms with Crippen molar-refractivity contribution in [3.8, 4) is 11.4 Å². The highest BCUT2D eigenvalue weighted by Crippen LogP contribution is 2.19. The van der Waals surface area contributed by atoms with Gasteiger partial charge in [0.25, 0.3) is 5.56 Å². The van der Waals surface area contributed by atoms with Gasteiger partial charge in [0.15, 0.2) is 0 Å². The smallest absolute Gasteiger partial charge is 0.258 e. The molecule has 1 N–H and O–H groups in total. The molecule has 1 aromatic heterocycles. The largest absolute Gasteiger partial charge is 0.489 e. The van der Waals surface area contributed by atoms with Gasteiger partial charge in [-0.05, 0) is 53.8 Å². The summed E-state index contributed by atoms with van der Waals surface area (Å²) >= 11 is 0. The van der Waals surface area contributed by atoms with E-state index in [-0.39, 0.29) is 24.1 Å². The zero-order chi connectivity index (χ0) is 22.5. The first-order valence-corrected chi connectivity index (χ1v) is 11.0. The van der Waals surface area contributed by atoms with Crippen molar-refractivity contribution in [2.75, 3.05) is 6.54 Å². The number of hydrogen-bond acceptors (Lipinski definition) is 4. The Morgan fingerprint density at radius 2 is 1.72 bits per heavy atom. The van der Waals surface area contributed by atoms with Crippen molar-refractivity contribution >= 4 is 0 Å². The van der Waals surface area contributed by atoms with Crippen molar-refractivity contribution in [2.24, 2.45) is 5.92 Å². The van der Waals surface area contributed by atoms with E-state index in [9.17, 15) is 9.18 Å². The number of hydrogen-bond donors (Lipinski definition) is 1. The van der Waals surface area contributed by atoms with Crippen molar-refractivity contribution in [1.29, 1.82) is 0 Å². The topological polar surface area (TPSA) is 52.5 Å². The number of ether oxygens (including phenoxy) is 2. The predicted molar refractivity (Wildman–Crippen MR) is 123 cm³/mol. The molecule has 5 nitrogen and oxygen atoms in total. The van der Waals surface area contributed by atoms with Crippen molar-refractivity contribution in [3.63, 3.8) is 0 Å². The van der Waals surface area contributed by atoms with E-state index in [1.54, 1.807) is 29.0 Å². The van der Waals surface area contributed by atoms with E-state index >= 15 is 0 Å². The molecule has 2 heterocycles. The fourth-order valence-electron chi connectivity index (χ4n) is 3.85. The normalized spacial score (nSPS) is 18.2. The summed E-state index contributed by atoms with van der Waals surface area (Å²) in [6.45, 7) is 6.18. The average Bonchev–Trinajstić information content (AvgIpc) is 3.27. The Morgan fingerprint density at radius 3 is 2.38 bits per heavy atom. The second-order valence-corrected chi connectivity index (χ2v) is 8.58. The summed E-state index contributed by atoms with van der Waals surface area (Å²) in [5, 5.41) is 3.52. The van der Waals surface area contributed by atoms with E-state index in [0.717, 1.165) is 29.8 Å². The number of benzene rings is 2. The zero-order valence-electron chi connectivity index (χ0n) is 18.5. The molecule has 1 aliphatic heterocycles. The van der Waals surface area contributed by atoms with Gasteiger partial charge in [0, 0.05) is 30.5 Å². The van der Waals surface area contributed by atoms with Crippen molar-refractivity contribution in [3.05, 3.63) is 94.2 Å². The second kappa shape index (κ2) is 10.1. The van der Waals surface area contributed by atoms with E-state index in [1.165, 1.54) is 18.2 Å². The highest BCUT2D eigenvalue weighted by atomic mass is 19.1. The van der Waals surface area contributed by atoms with Gasteiger partial charge in [0.1, 0.15) is 18.2 Å². The van der Waals surface area contributed by atoms with Crippen LogP contribution in [0.5, 0.6) is 5.75 Å². The number of pyridine rings is 1. The zero-order valence-corrected chi connectivity index (χ0v) is 18.5. The van der Waals surface area contributed by atoms with Gasteiger partial charge in [-0.25, -0.2) is 4.39 Å². The van der Waals surface area contributed by atoms with Crippen LogP contribution in [0.3, 0.4) is 0 Å². The Bertz CT molecular complexity index is 1080. The van der Waals surface area contributed by atoms with Crippen molar-refractivity contribution in [1.82, 2.24) is 9.88 Å². The maximum absolute atomic E-state index is 13.0. The molecule has 1 fully saturated rings. The van der Waals surface area contributed by atoms with E-state index in [1.807, 2.05) is 24.3 Å². The molecule has 6 heteroatoms. The van der Waals surface area contributed by atoms with Crippen LogP contribution in [0.15, 0.2) is 71.7 Å². The number of rotatable bonds is 8. The molecule has 0 aliphatic carbocycles. The van der Waals surface area contributed by atoms with Crippen molar-refractivity contribution in [2.45, 2.75) is 45.6 Å². The van der Waals surface area contributed by atoms with Crippen LogP contribution in [-0.2, 0) is 18.0 Å². The molecule has 1 aliphatic rings. The van der Waals surface area contributed by atoms with Crippen LogP contribution in [-0.4, -0.2) is 23.3 Å². The minimum Gasteiger partial charge on any atom is -0.489 e. The Morgan fingerprint density at radius 1 is 1.03 bits per heavy atom. The number of nitrogens with zero attached hydrogens (tertiary/aromatic N) is 1. The summed E-state index contributed by atoms with van der Waals surface area (Å²) in [5.74, 6) is 0.801. The molecular weight excluding hydrogens is 407 g/mol. The standard InChI is InChI=1S/C26H29FN2O3/c1-18(2)25-13-24(15-28-25)32-17-20-5-9-22(10-6-20)29-12-11-23(14-26(29)30)31-16-19-3-7-21(27)8-4-19/h3-12,14,18,24-25,28H,13,15-17H2,1-2H3/t24-,25+/m1/s1. The van der Waals surface area contributed by atoms with Crippen molar-refractivity contribution < 1.29 is 13.9 Å². The van der Waals surface area contributed by atoms with E-state index in [2.05, 4.69) is 19.2 Å². The first kappa shape index (κ1) is 22.2. The molecule has 0 bridgehead atoms. The lowest BCUT2D eigenvalue weighted by Crippen LogP contribution is -2.26. The molecule has 0 amide bonds. The Hall–Kier alpha value is -2.96. The van der Waals surface area contributed by atoms with Gasteiger partial charge in [0.05, 0.1) is 12.7 Å². The third-order valence-electron chi connectivity index (χ3n) is 5.84. The van der Waals surface area contributed by atoms with Gasteiger partial charge in [-0.2, -0.15) is 0 Å². The number of aromatic nitrogens is 1. The van der Waals surface area contributed by atoms with Crippen LogP contribution in [0.4, 0.5) is 4.39 Å². The van der Waals surface area contributed by atoms with Crippen LogP contribution in [0.2, 0.25) is 0 Å². The predicted octanol–water partition coefficient (Wildman–Crippen LogP) is 4.46. The molecule has 3 aromatic rings. The molecule has 2 atom stereocenters. The number of halogens is 1. The van der Waals surface area contributed by atoms with Gasteiger partial charge in [-0.3, -0.25) is 9.36 Å². The summed E-state index contributed by atoms with van der Waals surface area (Å²) in [7, 11) is 0. The van der Waals surface area contributed by atoms with Gasteiger partial charge >= 0.3 is 0 Å². The maximum Gasteiger partial charge on any atom is 0.258 e. The molecule has 168 valence electrons. The number of nitrogens with one attached hydrogen (secondary N) is 1. The summed E-state index contributed by atoms with van der Waals surface area (Å²) in [5.41, 5.74) is 2.52.